The van der Waals surface area contributed by atoms with Crippen molar-refractivity contribution in [2.45, 2.75) is 20.3 Å². The third kappa shape index (κ3) is 3.54. The predicted molar refractivity (Wildman–Crippen MR) is 65.0 cm³/mol. The summed E-state index contributed by atoms with van der Waals surface area (Å²) in [5.74, 6) is 0.903. The summed E-state index contributed by atoms with van der Waals surface area (Å²) >= 11 is 0. The summed E-state index contributed by atoms with van der Waals surface area (Å²) in [6.45, 7) is 7.91. The fourth-order valence-corrected chi connectivity index (χ4v) is 1.55. The molecule has 16 heavy (non-hydrogen) atoms. The summed E-state index contributed by atoms with van der Waals surface area (Å²) in [5, 5.41) is 0. The van der Waals surface area contributed by atoms with Crippen LogP contribution in [-0.4, -0.2) is 12.6 Å². The third-order valence-corrected chi connectivity index (χ3v) is 2.34. The second kappa shape index (κ2) is 6.11. The highest BCUT2D eigenvalue weighted by atomic mass is 16.5. The molecule has 0 saturated heterocycles. The van der Waals surface area contributed by atoms with Gasteiger partial charge in [0.05, 0.1) is 6.61 Å². The van der Waals surface area contributed by atoms with Crippen molar-refractivity contribution < 1.29 is 9.53 Å². The van der Waals surface area contributed by atoms with E-state index in [1.54, 1.807) is 0 Å². The Morgan fingerprint density at radius 2 is 2.06 bits per heavy atom. The average molecular weight is 217 g/mol. The van der Waals surface area contributed by atoms with Gasteiger partial charge in [0.15, 0.2) is 0 Å². The molecule has 0 aromatic heterocycles. The second-order valence-corrected chi connectivity index (χ2v) is 3.78. The summed E-state index contributed by atoms with van der Waals surface area (Å²) in [6.07, 6.45) is 1.92. The van der Waals surface area contributed by atoms with E-state index < -0.39 is 0 Å². The van der Waals surface area contributed by atoms with Crippen molar-refractivity contribution >= 4 is 5.97 Å². The molecule has 0 heterocycles. The molecule has 0 fully saturated rings. The largest absolute Gasteiger partial charge is 0.462 e. The third-order valence-electron chi connectivity index (χ3n) is 2.34. The van der Waals surface area contributed by atoms with Gasteiger partial charge < -0.3 is 4.74 Å². The van der Waals surface area contributed by atoms with Crippen LogP contribution in [-0.2, 0) is 16.0 Å². The zero-order chi connectivity index (χ0) is 12.0. The van der Waals surface area contributed by atoms with Gasteiger partial charge in [0, 0.05) is 12.5 Å². The molecule has 85 valence electrons. The van der Waals surface area contributed by atoms with E-state index in [1.165, 1.54) is 23.1 Å². The summed E-state index contributed by atoms with van der Waals surface area (Å²) < 4.78 is 4.96. The Hall–Kier alpha value is -1.57. The van der Waals surface area contributed by atoms with Gasteiger partial charge in [-0.1, -0.05) is 44.7 Å². The summed E-state index contributed by atoms with van der Waals surface area (Å²) in [5.41, 5.74) is 2.44. The maximum Gasteiger partial charge on any atom is 0.330 e. The van der Waals surface area contributed by atoms with Crippen molar-refractivity contribution in [1.29, 1.82) is 0 Å². The van der Waals surface area contributed by atoms with Crippen LogP contribution in [0.15, 0.2) is 36.9 Å². The number of hydrogen-bond donors (Lipinski definition) is 0. The van der Waals surface area contributed by atoms with E-state index >= 15 is 0 Å². The van der Waals surface area contributed by atoms with E-state index in [1.807, 2.05) is 12.1 Å². The van der Waals surface area contributed by atoms with Crippen molar-refractivity contribution in [1.82, 2.24) is 0 Å². The van der Waals surface area contributed by atoms with Crippen LogP contribution in [0, 0.1) is 5.92 Å². The average Bonchev–Trinajstić information content (AvgIpc) is 2.29. The van der Waals surface area contributed by atoms with Crippen molar-refractivity contribution in [3.8, 4) is 0 Å². The molecule has 0 atom stereocenters. The van der Waals surface area contributed by atoms with Gasteiger partial charge in [-0.15, -0.1) is 0 Å². The molecule has 1 rings (SSSR count). The number of ether oxygens (including phenoxy) is 1. The van der Waals surface area contributed by atoms with Crippen LogP contribution in [0.3, 0.4) is 0 Å². The monoisotopic (exact) mass is 217 g/mol. The van der Waals surface area contributed by atoms with Gasteiger partial charge in [-0.25, -0.2) is 4.79 Å². The lowest BCUT2D eigenvalue weighted by Gasteiger charge is -2.11. The number of carbonyl (C=O) groups is 1. The van der Waals surface area contributed by atoms with E-state index in [4.69, 9.17) is 4.74 Å². The fraction of sp³-hybridized carbons (Fsp3) is 0.286. The van der Waals surface area contributed by atoms with Gasteiger partial charge in [-0.05, 0) is 17.0 Å². The highest BCUT2D eigenvalue weighted by Crippen LogP contribution is 2.18. The van der Waals surface area contributed by atoms with Crippen LogP contribution in [0.25, 0.3) is 0 Å². The molecule has 0 bridgehead atoms. The molecule has 2 nitrogen and oxygen atoms in total. The zero-order valence-corrected chi connectivity index (χ0v) is 9.82. The molecule has 0 spiro atoms. The molecule has 1 aromatic rings. The number of benzene rings is 1. The summed E-state index contributed by atoms with van der Waals surface area (Å²) in [7, 11) is 0. The van der Waals surface area contributed by atoms with Crippen molar-refractivity contribution in [3.63, 3.8) is 0 Å². The first kappa shape index (κ1) is 12.5. The van der Waals surface area contributed by atoms with E-state index in [0.29, 0.717) is 6.61 Å². The Balaban J connectivity index is 2.59. The van der Waals surface area contributed by atoms with Crippen LogP contribution in [0.4, 0.5) is 0 Å². The minimum absolute atomic E-state index is 0.366. The first-order chi connectivity index (χ1) is 7.65. The topological polar surface area (TPSA) is 26.3 Å². The van der Waals surface area contributed by atoms with Gasteiger partial charge >= 0.3 is 5.97 Å². The minimum atomic E-state index is -0.366. The van der Waals surface area contributed by atoms with Gasteiger partial charge in [0.1, 0.15) is 0 Å². The Bertz CT molecular complexity index is 367. The lowest BCUT2D eigenvalue weighted by molar-refractivity contribution is -0.137. The van der Waals surface area contributed by atoms with Crippen LogP contribution < -0.4 is 0 Å². The highest BCUT2D eigenvalue weighted by molar-refractivity contribution is 5.81. The van der Waals surface area contributed by atoms with Gasteiger partial charge in [0.2, 0.25) is 0 Å². The van der Waals surface area contributed by atoms with Crippen LogP contribution in [0.1, 0.15) is 25.0 Å². The molecular formula is C14H17O2. The normalized spacial score (nSPS) is 10.2. The molecule has 0 aliphatic rings. The summed E-state index contributed by atoms with van der Waals surface area (Å²) in [6, 6.07) is 8.16. The number of rotatable bonds is 5. The molecule has 0 N–H and O–H groups in total. The standard InChI is InChI=1S/C14H17O2/c1-4-14(15)16-10-9-12-7-5-6-8-13(12)11(2)3/h4-8H,1,9-10H2,2-3H3. The Labute approximate surface area is 96.9 Å². The first-order valence-corrected chi connectivity index (χ1v) is 5.32. The zero-order valence-electron chi connectivity index (χ0n) is 9.82. The van der Waals surface area contributed by atoms with Crippen LogP contribution in [0.5, 0.6) is 0 Å². The number of hydrogen-bond acceptors (Lipinski definition) is 2. The lowest BCUT2D eigenvalue weighted by atomic mass is 9.96. The Morgan fingerprint density at radius 1 is 1.38 bits per heavy atom. The Kier molecular flexibility index (Phi) is 4.77. The lowest BCUT2D eigenvalue weighted by Crippen LogP contribution is -2.06. The van der Waals surface area contributed by atoms with E-state index in [9.17, 15) is 4.79 Å². The van der Waals surface area contributed by atoms with Crippen molar-refractivity contribution in [2.24, 2.45) is 0 Å². The van der Waals surface area contributed by atoms with Gasteiger partial charge in [0.25, 0.3) is 0 Å². The SMILES string of the molecule is C=CC(=O)OCCc1ccccc1[C](C)C. The van der Waals surface area contributed by atoms with Crippen LogP contribution in [0.2, 0.25) is 0 Å². The molecule has 2 heteroatoms. The number of carbonyl (C=O) groups excluding carboxylic acids is 1. The molecule has 0 unspecified atom stereocenters. The maximum atomic E-state index is 10.9. The summed E-state index contributed by atoms with van der Waals surface area (Å²) in [4.78, 5) is 10.9. The van der Waals surface area contributed by atoms with Crippen molar-refractivity contribution in [3.05, 3.63) is 54.0 Å². The van der Waals surface area contributed by atoms with E-state index in [0.717, 1.165) is 6.42 Å². The minimum Gasteiger partial charge on any atom is -0.462 e. The molecule has 0 aliphatic carbocycles. The first-order valence-electron chi connectivity index (χ1n) is 5.32. The van der Waals surface area contributed by atoms with E-state index in [-0.39, 0.29) is 5.97 Å². The number of esters is 1. The molecule has 1 radical (unpaired) electrons. The smallest absolute Gasteiger partial charge is 0.330 e. The predicted octanol–water partition coefficient (Wildman–Crippen LogP) is 2.92. The second-order valence-electron chi connectivity index (χ2n) is 3.78. The van der Waals surface area contributed by atoms with Crippen LogP contribution >= 0.6 is 0 Å². The van der Waals surface area contributed by atoms with Crippen molar-refractivity contribution in [2.75, 3.05) is 6.61 Å². The molecule has 0 aliphatic heterocycles. The highest BCUT2D eigenvalue weighted by Gasteiger charge is 2.06. The molecule has 0 amide bonds. The Morgan fingerprint density at radius 3 is 2.69 bits per heavy atom. The molecule has 1 aromatic carbocycles. The maximum absolute atomic E-state index is 10.9. The van der Waals surface area contributed by atoms with E-state index in [2.05, 4.69) is 32.6 Å². The molecular weight excluding hydrogens is 200 g/mol. The fourth-order valence-electron chi connectivity index (χ4n) is 1.55. The molecule has 0 saturated carbocycles. The van der Waals surface area contributed by atoms with Gasteiger partial charge in [-0.3, -0.25) is 0 Å². The van der Waals surface area contributed by atoms with Gasteiger partial charge in [-0.2, -0.15) is 0 Å². The quantitative estimate of drug-likeness (QED) is 0.560.